The summed E-state index contributed by atoms with van der Waals surface area (Å²) < 4.78 is 14.5. The molecule has 0 saturated carbocycles. The van der Waals surface area contributed by atoms with E-state index in [1.54, 1.807) is 0 Å². The van der Waals surface area contributed by atoms with Crippen molar-refractivity contribution in [1.29, 1.82) is 0 Å². The van der Waals surface area contributed by atoms with Gasteiger partial charge in [0.05, 0.1) is 22.3 Å². The highest BCUT2D eigenvalue weighted by atomic mass is 16.7. The van der Waals surface area contributed by atoms with Crippen LogP contribution in [0.1, 0.15) is 112 Å². The van der Waals surface area contributed by atoms with Crippen LogP contribution in [0.2, 0.25) is 6.32 Å². The van der Waals surface area contributed by atoms with Crippen LogP contribution in [-0.4, -0.2) is 38.5 Å². The highest BCUT2D eigenvalue weighted by Crippen LogP contribution is 2.39. The molecule has 1 aromatic carbocycles. The Labute approximate surface area is 225 Å². The number of nitrogens with zero attached hydrogens (tertiary/aromatic N) is 4. The Morgan fingerprint density at radius 2 is 1.51 bits per heavy atom. The number of tetrazole rings is 1. The summed E-state index contributed by atoms with van der Waals surface area (Å²) in [6.45, 7) is 24.8. The van der Waals surface area contributed by atoms with Crippen LogP contribution in [0.5, 0.6) is 0 Å². The van der Waals surface area contributed by atoms with Crippen LogP contribution in [0, 0.1) is 12.3 Å². The van der Waals surface area contributed by atoms with Crippen molar-refractivity contribution in [3.63, 3.8) is 0 Å². The topological polar surface area (TPSA) is 74.1 Å². The van der Waals surface area contributed by atoms with E-state index in [2.05, 4.69) is 126 Å². The minimum atomic E-state index is -0.389. The van der Waals surface area contributed by atoms with Crippen molar-refractivity contribution >= 4 is 7.12 Å². The molecule has 2 aromatic rings. The Bertz CT molecular complexity index is 1010. The summed E-state index contributed by atoms with van der Waals surface area (Å²) in [7, 11) is -0.159. The van der Waals surface area contributed by atoms with Crippen molar-refractivity contribution in [2.75, 3.05) is 0 Å². The third-order valence-corrected chi connectivity index (χ3v) is 7.97. The Morgan fingerprint density at radius 3 is 2.08 bits per heavy atom. The number of unbranched alkanes of at least 4 members (excludes halogenated alkanes) is 1. The zero-order valence-electron chi connectivity index (χ0n) is 25.2. The van der Waals surface area contributed by atoms with Gasteiger partial charge in [0, 0.05) is 6.54 Å². The maximum absolute atomic E-state index is 6.22. The van der Waals surface area contributed by atoms with Crippen LogP contribution in [0.25, 0.3) is 0 Å². The molecule has 1 aliphatic rings. The number of hydrogen-bond acceptors (Lipinski definition) is 6. The molecule has 2 heterocycles. The fourth-order valence-corrected chi connectivity index (χ4v) is 5.47. The summed E-state index contributed by atoms with van der Waals surface area (Å²) in [5.74, 6) is 0.893. The van der Waals surface area contributed by atoms with Gasteiger partial charge in [0.15, 0.2) is 5.82 Å². The van der Waals surface area contributed by atoms with Crippen LogP contribution in [0.15, 0.2) is 24.3 Å². The summed E-state index contributed by atoms with van der Waals surface area (Å²) in [4.78, 5) is 0. The van der Waals surface area contributed by atoms with E-state index in [1.807, 2.05) is 0 Å². The maximum atomic E-state index is 6.22. The first-order valence-corrected chi connectivity index (χ1v) is 13.9. The molecule has 206 valence electrons. The monoisotopic (exact) mass is 511 g/mol. The van der Waals surface area contributed by atoms with E-state index >= 15 is 0 Å². The minimum Gasteiger partial charge on any atom is -0.403 e. The maximum Gasteiger partial charge on any atom is 0.457 e. The normalized spacial score (nSPS) is 19.3. The highest BCUT2D eigenvalue weighted by molar-refractivity contribution is 6.45. The first kappa shape index (κ1) is 29.8. The quantitative estimate of drug-likeness (QED) is 0.277. The van der Waals surface area contributed by atoms with Crippen molar-refractivity contribution in [2.45, 2.75) is 137 Å². The molecule has 8 heteroatoms. The van der Waals surface area contributed by atoms with Crippen LogP contribution in [0.3, 0.4) is 0 Å². The second kappa shape index (κ2) is 10.8. The Kier molecular flexibility index (Phi) is 8.68. The standard InChI is InChI=1S/C29H50BN5O2/c1-22-14-16-23(17-15-22)20-31-29(11,18-12-13-19-30-36-27(7,8)28(9,10)37-30)24-32-33-34-35(24)26(5,6)21-25(2,3)4/h14-17,31H,12-13,18-21H2,1-11H3. The molecule has 1 aromatic heterocycles. The van der Waals surface area contributed by atoms with Gasteiger partial charge in [0.2, 0.25) is 0 Å². The molecule has 1 unspecified atom stereocenters. The molecule has 0 radical (unpaired) electrons. The zero-order valence-corrected chi connectivity index (χ0v) is 25.2. The van der Waals surface area contributed by atoms with Gasteiger partial charge >= 0.3 is 7.12 Å². The lowest BCUT2D eigenvalue weighted by atomic mass is 9.80. The molecule has 1 fully saturated rings. The number of nitrogens with one attached hydrogen (secondary N) is 1. The number of aryl methyl sites for hydroxylation is 1. The van der Waals surface area contributed by atoms with Crippen molar-refractivity contribution in [3.05, 3.63) is 41.2 Å². The Hall–Kier alpha value is -1.77. The molecular weight excluding hydrogens is 461 g/mol. The van der Waals surface area contributed by atoms with Crippen LogP contribution < -0.4 is 5.32 Å². The van der Waals surface area contributed by atoms with Crippen LogP contribution in [0.4, 0.5) is 0 Å². The third-order valence-electron chi connectivity index (χ3n) is 7.97. The van der Waals surface area contributed by atoms with Gasteiger partial charge in [-0.15, -0.1) is 5.10 Å². The van der Waals surface area contributed by atoms with E-state index < -0.39 is 0 Å². The molecule has 1 atom stereocenters. The lowest BCUT2D eigenvalue weighted by Gasteiger charge is -2.37. The van der Waals surface area contributed by atoms with E-state index in [-0.39, 0.29) is 34.8 Å². The fourth-order valence-electron chi connectivity index (χ4n) is 5.47. The minimum absolute atomic E-state index is 0.154. The van der Waals surface area contributed by atoms with Crippen molar-refractivity contribution < 1.29 is 9.31 Å². The second-order valence-corrected chi connectivity index (χ2v) is 14.1. The number of benzene rings is 1. The summed E-state index contributed by atoms with van der Waals surface area (Å²) in [5, 5.41) is 17.1. The lowest BCUT2D eigenvalue weighted by Crippen LogP contribution is -2.45. The van der Waals surface area contributed by atoms with E-state index in [1.165, 1.54) is 11.1 Å². The molecule has 37 heavy (non-hydrogen) atoms. The predicted molar refractivity (Wildman–Crippen MR) is 151 cm³/mol. The molecule has 1 saturated heterocycles. The first-order valence-electron chi connectivity index (χ1n) is 13.9. The SMILES string of the molecule is Cc1ccc(CNC(C)(CCCCB2OC(C)(C)C(C)(C)O2)c2nnnn2C(C)(C)CC(C)(C)C)cc1. The van der Waals surface area contributed by atoms with Crippen LogP contribution >= 0.6 is 0 Å². The van der Waals surface area contributed by atoms with Gasteiger partial charge < -0.3 is 14.6 Å². The van der Waals surface area contributed by atoms with E-state index in [9.17, 15) is 0 Å². The molecular formula is C29H50BN5O2. The second-order valence-electron chi connectivity index (χ2n) is 14.1. The van der Waals surface area contributed by atoms with E-state index in [0.29, 0.717) is 0 Å². The van der Waals surface area contributed by atoms with Gasteiger partial charge in [-0.1, -0.05) is 63.4 Å². The van der Waals surface area contributed by atoms with Gasteiger partial charge in [-0.05, 0) is 96.0 Å². The Balaban J connectivity index is 1.76. The molecule has 0 spiro atoms. The summed E-state index contributed by atoms with van der Waals surface area (Å²) >= 11 is 0. The number of rotatable bonds is 11. The molecule has 0 aliphatic carbocycles. The van der Waals surface area contributed by atoms with Gasteiger partial charge in [-0.25, -0.2) is 4.68 Å². The van der Waals surface area contributed by atoms with E-state index in [4.69, 9.17) is 9.31 Å². The predicted octanol–water partition coefficient (Wildman–Crippen LogP) is 6.42. The van der Waals surface area contributed by atoms with Gasteiger partial charge in [-0.3, -0.25) is 0 Å². The van der Waals surface area contributed by atoms with Gasteiger partial charge in [0.25, 0.3) is 0 Å². The van der Waals surface area contributed by atoms with Gasteiger partial charge in [0.1, 0.15) is 0 Å². The lowest BCUT2D eigenvalue weighted by molar-refractivity contribution is 0.00578. The Morgan fingerprint density at radius 1 is 0.919 bits per heavy atom. The summed E-state index contributed by atoms with van der Waals surface area (Å²) in [6.07, 6.45) is 4.76. The first-order chi connectivity index (χ1) is 16.9. The zero-order chi connectivity index (χ0) is 27.7. The molecule has 1 N–H and O–H groups in total. The summed E-state index contributed by atoms with van der Waals surface area (Å²) in [5.41, 5.74) is 1.49. The average molecular weight is 512 g/mol. The molecule has 7 nitrogen and oxygen atoms in total. The van der Waals surface area contributed by atoms with Crippen molar-refractivity contribution in [3.8, 4) is 0 Å². The third kappa shape index (κ3) is 7.42. The smallest absolute Gasteiger partial charge is 0.403 e. The average Bonchev–Trinajstić information content (AvgIpc) is 3.33. The molecule has 3 rings (SSSR count). The van der Waals surface area contributed by atoms with Crippen LogP contribution in [-0.2, 0) is 26.9 Å². The highest BCUT2D eigenvalue weighted by Gasteiger charge is 2.50. The number of hydrogen-bond donors (Lipinski definition) is 1. The largest absolute Gasteiger partial charge is 0.457 e. The fraction of sp³-hybridized carbons (Fsp3) is 0.759. The molecule has 0 bridgehead atoms. The molecule has 0 amide bonds. The van der Waals surface area contributed by atoms with Gasteiger partial charge in [-0.2, -0.15) is 0 Å². The van der Waals surface area contributed by atoms with Crippen molar-refractivity contribution in [1.82, 2.24) is 25.5 Å². The van der Waals surface area contributed by atoms with E-state index in [0.717, 1.165) is 44.4 Å². The summed E-state index contributed by atoms with van der Waals surface area (Å²) in [6, 6.07) is 8.70. The molecule has 1 aliphatic heterocycles. The van der Waals surface area contributed by atoms with Crippen molar-refractivity contribution in [2.24, 2.45) is 5.41 Å². The number of aromatic nitrogens is 4.